The van der Waals surface area contributed by atoms with Gasteiger partial charge in [-0.1, -0.05) is 59.9 Å². The van der Waals surface area contributed by atoms with Gasteiger partial charge in [0.2, 0.25) is 0 Å². The zero-order valence-electron chi connectivity index (χ0n) is 16.9. The Morgan fingerprint density at radius 1 is 0.968 bits per heavy atom. The standard InChI is InChI=1S/C23H21Cl3N2O3/c1-13-6-8-15-17(10-13)23(31)28(22(15)30)27(12-14-7-9-19(25)20(26)11-14)21(29)16-4-2-3-5-18(16)24/h2-5,7,9,11,13,15,17H,6,8,10,12H2,1H3/t13-,15-,17-/m1/s1. The molecule has 2 aliphatic rings. The topological polar surface area (TPSA) is 57.7 Å². The molecule has 3 amide bonds. The van der Waals surface area contributed by atoms with Crippen molar-refractivity contribution < 1.29 is 14.4 Å². The van der Waals surface area contributed by atoms with Gasteiger partial charge in [0, 0.05) is 0 Å². The Hall–Kier alpha value is -2.08. The van der Waals surface area contributed by atoms with Crippen LogP contribution in [0, 0.1) is 17.8 Å². The number of hydrazine groups is 1. The molecule has 1 aliphatic heterocycles. The molecule has 1 aliphatic carbocycles. The van der Waals surface area contributed by atoms with E-state index in [2.05, 4.69) is 6.92 Å². The summed E-state index contributed by atoms with van der Waals surface area (Å²) in [5.74, 6) is -1.61. The molecule has 0 radical (unpaired) electrons. The van der Waals surface area contributed by atoms with Crippen molar-refractivity contribution in [3.8, 4) is 0 Å². The molecular formula is C23H21Cl3N2O3. The summed E-state index contributed by atoms with van der Waals surface area (Å²) in [7, 11) is 0. The second-order valence-corrected chi connectivity index (χ2v) is 9.43. The summed E-state index contributed by atoms with van der Waals surface area (Å²) < 4.78 is 0. The first-order valence-corrected chi connectivity index (χ1v) is 11.3. The van der Waals surface area contributed by atoms with Crippen molar-refractivity contribution in [1.82, 2.24) is 10.0 Å². The fourth-order valence-electron chi connectivity index (χ4n) is 4.43. The summed E-state index contributed by atoms with van der Waals surface area (Å²) in [6.07, 6.45) is 2.18. The van der Waals surface area contributed by atoms with Gasteiger partial charge in [0.25, 0.3) is 17.7 Å². The first-order chi connectivity index (χ1) is 14.8. The molecule has 0 unspecified atom stereocenters. The van der Waals surface area contributed by atoms with Crippen molar-refractivity contribution in [3.63, 3.8) is 0 Å². The number of amides is 3. The third-order valence-electron chi connectivity index (χ3n) is 6.06. The van der Waals surface area contributed by atoms with Gasteiger partial charge in [-0.15, -0.1) is 0 Å². The molecule has 2 aromatic rings. The lowest BCUT2D eigenvalue weighted by Crippen LogP contribution is -2.49. The van der Waals surface area contributed by atoms with Crippen LogP contribution in [-0.4, -0.2) is 27.7 Å². The molecule has 0 spiro atoms. The van der Waals surface area contributed by atoms with Crippen LogP contribution < -0.4 is 0 Å². The molecule has 0 N–H and O–H groups in total. The third kappa shape index (κ3) is 4.19. The first kappa shape index (κ1) is 22.1. The highest BCUT2D eigenvalue weighted by Crippen LogP contribution is 2.41. The predicted molar refractivity (Wildman–Crippen MR) is 120 cm³/mol. The van der Waals surface area contributed by atoms with Crippen LogP contribution in [0.2, 0.25) is 15.1 Å². The minimum absolute atomic E-state index is 0.0204. The fraction of sp³-hybridized carbons (Fsp3) is 0.348. The summed E-state index contributed by atoms with van der Waals surface area (Å²) in [6.45, 7) is 2.06. The lowest BCUT2D eigenvalue weighted by atomic mass is 9.76. The van der Waals surface area contributed by atoms with E-state index < -0.39 is 11.8 Å². The molecule has 4 rings (SSSR count). The minimum Gasteiger partial charge on any atom is -0.272 e. The van der Waals surface area contributed by atoms with Crippen molar-refractivity contribution in [2.45, 2.75) is 32.7 Å². The van der Waals surface area contributed by atoms with E-state index in [0.717, 1.165) is 11.4 Å². The van der Waals surface area contributed by atoms with E-state index in [1.165, 1.54) is 5.01 Å². The molecule has 0 bridgehead atoms. The quantitative estimate of drug-likeness (QED) is 0.534. The molecule has 1 heterocycles. The molecule has 5 nitrogen and oxygen atoms in total. The Morgan fingerprint density at radius 3 is 2.39 bits per heavy atom. The van der Waals surface area contributed by atoms with Gasteiger partial charge in [-0.25, -0.2) is 5.01 Å². The molecule has 1 saturated heterocycles. The molecule has 2 aromatic carbocycles. The Bertz CT molecular complexity index is 1060. The summed E-state index contributed by atoms with van der Waals surface area (Å²) in [5.41, 5.74) is 0.853. The Morgan fingerprint density at radius 2 is 1.68 bits per heavy atom. The van der Waals surface area contributed by atoms with Crippen molar-refractivity contribution in [3.05, 3.63) is 68.7 Å². The van der Waals surface area contributed by atoms with Crippen LogP contribution in [-0.2, 0) is 16.1 Å². The maximum Gasteiger partial charge on any atom is 0.274 e. The molecule has 2 fully saturated rings. The highest BCUT2D eigenvalue weighted by Gasteiger charge is 2.52. The van der Waals surface area contributed by atoms with Gasteiger partial charge in [-0.3, -0.25) is 14.4 Å². The van der Waals surface area contributed by atoms with Crippen LogP contribution in [0.25, 0.3) is 0 Å². The Kier molecular flexibility index (Phi) is 6.29. The SMILES string of the molecule is C[C@@H]1CC[C@H]2C(=O)N(N(Cc3ccc(Cl)c(Cl)c3)C(=O)c3ccccc3Cl)C(=O)[C@@H]2C1. The van der Waals surface area contributed by atoms with Gasteiger partial charge >= 0.3 is 0 Å². The number of benzene rings is 2. The van der Waals surface area contributed by atoms with E-state index in [9.17, 15) is 14.4 Å². The second-order valence-electron chi connectivity index (χ2n) is 8.21. The normalized spacial score (nSPS) is 23.1. The van der Waals surface area contributed by atoms with Gasteiger partial charge in [0.15, 0.2) is 0 Å². The highest BCUT2D eigenvalue weighted by molar-refractivity contribution is 6.42. The minimum atomic E-state index is -0.523. The van der Waals surface area contributed by atoms with Crippen molar-refractivity contribution in [2.24, 2.45) is 17.8 Å². The van der Waals surface area contributed by atoms with E-state index in [-0.39, 0.29) is 34.9 Å². The molecule has 3 atom stereocenters. The number of nitrogens with zero attached hydrogens (tertiary/aromatic N) is 2. The second kappa shape index (κ2) is 8.81. The van der Waals surface area contributed by atoms with Crippen LogP contribution in [0.5, 0.6) is 0 Å². The lowest BCUT2D eigenvalue weighted by Gasteiger charge is -2.31. The molecule has 1 saturated carbocycles. The van der Waals surface area contributed by atoms with Crippen LogP contribution in [0.4, 0.5) is 0 Å². The van der Waals surface area contributed by atoms with Crippen molar-refractivity contribution >= 4 is 52.5 Å². The van der Waals surface area contributed by atoms with Gasteiger partial charge in [-0.2, -0.15) is 5.01 Å². The van der Waals surface area contributed by atoms with Gasteiger partial charge in [0.1, 0.15) is 0 Å². The van der Waals surface area contributed by atoms with E-state index in [4.69, 9.17) is 34.8 Å². The van der Waals surface area contributed by atoms with E-state index >= 15 is 0 Å². The summed E-state index contributed by atoms with van der Waals surface area (Å²) in [5, 5.41) is 3.17. The van der Waals surface area contributed by atoms with Crippen LogP contribution in [0.15, 0.2) is 42.5 Å². The molecule has 0 aromatic heterocycles. The highest BCUT2D eigenvalue weighted by atomic mass is 35.5. The smallest absolute Gasteiger partial charge is 0.272 e. The monoisotopic (exact) mass is 478 g/mol. The summed E-state index contributed by atoms with van der Waals surface area (Å²) >= 11 is 18.4. The van der Waals surface area contributed by atoms with Crippen LogP contribution in [0.1, 0.15) is 42.1 Å². The average molecular weight is 480 g/mol. The molecule has 8 heteroatoms. The number of hydrogen-bond donors (Lipinski definition) is 0. The fourth-order valence-corrected chi connectivity index (χ4v) is 4.97. The van der Waals surface area contributed by atoms with Gasteiger partial charge in [-0.05, 0) is 55.0 Å². The lowest BCUT2D eigenvalue weighted by molar-refractivity contribution is -0.155. The number of hydrogen-bond acceptors (Lipinski definition) is 3. The number of carbonyl (C=O) groups excluding carboxylic acids is 3. The zero-order valence-corrected chi connectivity index (χ0v) is 19.1. The number of imide groups is 1. The number of halogens is 3. The summed E-state index contributed by atoms with van der Waals surface area (Å²) in [4.78, 5) is 40.1. The average Bonchev–Trinajstić information content (AvgIpc) is 2.98. The Labute approximate surface area is 195 Å². The summed E-state index contributed by atoms with van der Waals surface area (Å²) in [6, 6.07) is 11.5. The van der Waals surface area contributed by atoms with Crippen LogP contribution in [0.3, 0.4) is 0 Å². The number of fused-ring (bicyclic) bond motifs is 1. The van der Waals surface area contributed by atoms with Crippen molar-refractivity contribution in [1.29, 1.82) is 0 Å². The van der Waals surface area contributed by atoms with E-state index in [1.807, 2.05) is 0 Å². The zero-order chi connectivity index (χ0) is 22.3. The first-order valence-electron chi connectivity index (χ1n) is 10.2. The largest absolute Gasteiger partial charge is 0.274 e. The molecular weight excluding hydrogens is 459 g/mol. The van der Waals surface area contributed by atoms with E-state index in [0.29, 0.717) is 34.4 Å². The molecule has 162 valence electrons. The maximum absolute atomic E-state index is 13.5. The van der Waals surface area contributed by atoms with Crippen LogP contribution >= 0.6 is 34.8 Å². The van der Waals surface area contributed by atoms with Gasteiger partial charge in [0.05, 0.1) is 39.0 Å². The van der Waals surface area contributed by atoms with E-state index in [1.54, 1.807) is 42.5 Å². The van der Waals surface area contributed by atoms with Gasteiger partial charge < -0.3 is 0 Å². The third-order valence-corrected chi connectivity index (χ3v) is 7.13. The number of rotatable bonds is 4. The van der Waals surface area contributed by atoms with Crippen molar-refractivity contribution in [2.75, 3.05) is 0 Å². The maximum atomic E-state index is 13.5. The Balaban J connectivity index is 1.74. The molecule has 31 heavy (non-hydrogen) atoms. The predicted octanol–water partition coefficient (Wildman–Crippen LogP) is 5.63. The number of carbonyl (C=O) groups is 3.